The molecule has 3 aromatic rings. The van der Waals surface area contributed by atoms with Crippen molar-refractivity contribution in [1.82, 2.24) is 0 Å². The third-order valence-corrected chi connectivity index (χ3v) is 4.25. The molecular weight excluding hydrogens is 390 g/mol. The number of halogens is 4. The van der Waals surface area contributed by atoms with Crippen LogP contribution in [-0.4, -0.2) is 12.2 Å². The van der Waals surface area contributed by atoms with Crippen LogP contribution in [-0.2, 0) is 0 Å². The van der Waals surface area contributed by atoms with Gasteiger partial charge < -0.3 is 11.5 Å². The summed E-state index contributed by atoms with van der Waals surface area (Å²) in [6.45, 7) is 0. The number of hydrogen-bond acceptors (Lipinski definition) is 2. The number of fused-ring (bicyclic) bond motifs is 2. The Labute approximate surface area is 159 Å². The molecule has 0 aromatic heterocycles. The van der Waals surface area contributed by atoms with E-state index < -0.39 is 0 Å². The second kappa shape index (κ2) is 7.45. The molecule has 8 heteroatoms. The Morgan fingerprint density at radius 2 is 1.42 bits per heavy atom. The van der Waals surface area contributed by atoms with E-state index in [0.717, 1.165) is 27.1 Å². The second-order valence-electron chi connectivity index (χ2n) is 4.88. The molecule has 0 spiro atoms. The topological polar surface area (TPSA) is 76.8 Å². The molecule has 0 radical (unpaired) electrons. The Bertz CT molecular complexity index is 979. The molecule has 0 aliphatic heterocycles. The van der Waals surface area contributed by atoms with E-state index in [4.69, 9.17) is 46.3 Å². The molecule has 0 heterocycles. The van der Waals surface area contributed by atoms with Crippen LogP contribution in [0.4, 0.5) is 0 Å². The zero-order valence-corrected chi connectivity index (χ0v) is 15.2. The smallest absolute Gasteiger partial charge is 0.211 e. The van der Waals surface area contributed by atoms with Gasteiger partial charge in [0, 0.05) is 26.4 Å². The highest BCUT2D eigenvalue weighted by Gasteiger charge is 2.12. The maximum atomic E-state index is 6.54. The minimum absolute atomic E-state index is 0. The van der Waals surface area contributed by atoms with Crippen LogP contribution in [0.3, 0.4) is 0 Å². The maximum absolute atomic E-state index is 6.54. The van der Waals surface area contributed by atoms with Crippen LogP contribution in [0, 0.1) is 0 Å². The van der Waals surface area contributed by atoms with Gasteiger partial charge in [-0.05, 0) is 35.0 Å². The van der Waals surface area contributed by atoms with Crippen molar-refractivity contribution in [2.24, 2.45) is 21.7 Å². The molecule has 0 saturated carbocycles. The summed E-state index contributed by atoms with van der Waals surface area (Å²) in [5.74, 6) is -0.120. The average molecular weight is 402 g/mol. The fraction of sp³-hybridized carbons (Fsp3) is 0. The van der Waals surface area contributed by atoms with Crippen molar-refractivity contribution in [3.8, 4) is 0 Å². The van der Waals surface area contributed by atoms with Crippen LogP contribution in [0.25, 0.3) is 21.5 Å². The summed E-state index contributed by atoms with van der Waals surface area (Å²) >= 11 is 18.8. The van der Waals surface area contributed by atoms with Gasteiger partial charge in [-0.25, -0.2) is 0 Å². The highest BCUT2D eigenvalue weighted by atomic mass is 35.5. The van der Waals surface area contributed by atoms with E-state index in [-0.39, 0.29) is 18.4 Å². The SMILES string of the molecule is Cl.NC(N)=N/N=C/c1c2ccc(Cl)cc2c(Cl)c2ccc(Cl)cc12. The molecule has 4 N–H and O–H groups in total. The van der Waals surface area contributed by atoms with E-state index in [2.05, 4.69) is 10.2 Å². The standard InChI is InChI=1S/C16H11Cl3N4.ClH/c17-8-2-4-11-12(5-8)14(7-22-23-16(20)21)10-3-1-9(18)6-13(10)15(11)19;/h1-7H,(H4,20,21,23);1H/b22-7+;. The summed E-state index contributed by atoms with van der Waals surface area (Å²) in [7, 11) is 0. The molecule has 4 nitrogen and oxygen atoms in total. The van der Waals surface area contributed by atoms with Gasteiger partial charge in [-0.1, -0.05) is 46.9 Å². The molecule has 0 saturated heterocycles. The number of benzene rings is 3. The Morgan fingerprint density at radius 3 is 2.04 bits per heavy atom. The molecule has 3 rings (SSSR count). The van der Waals surface area contributed by atoms with Gasteiger partial charge in [-0.3, -0.25) is 0 Å². The van der Waals surface area contributed by atoms with E-state index in [1.807, 2.05) is 24.3 Å². The number of guanidine groups is 1. The van der Waals surface area contributed by atoms with Gasteiger partial charge in [0.1, 0.15) is 0 Å². The third-order valence-electron chi connectivity index (χ3n) is 3.38. The number of rotatable bonds is 2. The van der Waals surface area contributed by atoms with E-state index in [0.29, 0.717) is 15.1 Å². The molecule has 24 heavy (non-hydrogen) atoms. The van der Waals surface area contributed by atoms with Crippen LogP contribution in [0.1, 0.15) is 5.56 Å². The largest absolute Gasteiger partial charge is 0.369 e. The van der Waals surface area contributed by atoms with Crippen molar-refractivity contribution in [2.45, 2.75) is 0 Å². The monoisotopic (exact) mass is 400 g/mol. The quantitative estimate of drug-likeness (QED) is 0.275. The van der Waals surface area contributed by atoms with E-state index >= 15 is 0 Å². The molecule has 0 aliphatic rings. The Kier molecular flexibility index (Phi) is 5.78. The molecule has 0 atom stereocenters. The Hall–Kier alpha value is -1.72. The second-order valence-corrected chi connectivity index (χ2v) is 6.13. The Balaban J connectivity index is 0.00000208. The van der Waals surface area contributed by atoms with Gasteiger partial charge in [0.15, 0.2) is 0 Å². The first-order chi connectivity index (χ1) is 11.0. The Morgan fingerprint density at radius 1 is 0.833 bits per heavy atom. The van der Waals surface area contributed by atoms with Gasteiger partial charge in [0.05, 0.1) is 11.2 Å². The van der Waals surface area contributed by atoms with Gasteiger partial charge in [0.25, 0.3) is 0 Å². The van der Waals surface area contributed by atoms with Gasteiger partial charge in [-0.2, -0.15) is 5.10 Å². The van der Waals surface area contributed by atoms with Crippen molar-refractivity contribution in [2.75, 3.05) is 0 Å². The normalized spacial score (nSPS) is 11.0. The summed E-state index contributed by atoms with van der Waals surface area (Å²) in [5, 5.41) is 12.8. The molecule has 0 fully saturated rings. The number of nitrogens with two attached hydrogens (primary N) is 2. The third kappa shape index (κ3) is 3.52. The fourth-order valence-corrected chi connectivity index (χ4v) is 3.11. The fourth-order valence-electron chi connectivity index (χ4n) is 2.45. The van der Waals surface area contributed by atoms with E-state index in [1.54, 1.807) is 18.3 Å². The van der Waals surface area contributed by atoms with Gasteiger partial charge >= 0.3 is 0 Å². The highest BCUT2D eigenvalue weighted by Crippen LogP contribution is 2.37. The van der Waals surface area contributed by atoms with Gasteiger partial charge in [-0.15, -0.1) is 17.5 Å². The minimum atomic E-state index is -0.120. The minimum Gasteiger partial charge on any atom is -0.369 e. The van der Waals surface area contributed by atoms with Crippen LogP contribution in [0.5, 0.6) is 0 Å². The lowest BCUT2D eigenvalue weighted by molar-refractivity contribution is 1.22. The predicted molar refractivity (Wildman–Crippen MR) is 107 cm³/mol. The molecule has 0 unspecified atom stereocenters. The number of nitrogens with zero attached hydrogens (tertiary/aromatic N) is 2. The summed E-state index contributed by atoms with van der Waals surface area (Å²) in [4.78, 5) is 0. The van der Waals surface area contributed by atoms with Crippen LogP contribution >= 0.6 is 47.2 Å². The van der Waals surface area contributed by atoms with Crippen molar-refractivity contribution in [3.05, 3.63) is 57.0 Å². The first-order valence-corrected chi connectivity index (χ1v) is 7.72. The highest BCUT2D eigenvalue weighted by molar-refractivity contribution is 6.43. The number of hydrogen-bond donors (Lipinski definition) is 2. The van der Waals surface area contributed by atoms with Crippen molar-refractivity contribution >= 4 is 80.9 Å². The summed E-state index contributed by atoms with van der Waals surface area (Å²) < 4.78 is 0. The molecule has 0 amide bonds. The molecular formula is C16H12Cl4N4. The zero-order valence-electron chi connectivity index (χ0n) is 12.1. The molecule has 0 aliphatic carbocycles. The lowest BCUT2D eigenvalue weighted by Gasteiger charge is -2.11. The van der Waals surface area contributed by atoms with Crippen molar-refractivity contribution in [1.29, 1.82) is 0 Å². The lowest BCUT2D eigenvalue weighted by atomic mass is 9.97. The van der Waals surface area contributed by atoms with Crippen LogP contribution < -0.4 is 11.5 Å². The maximum Gasteiger partial charge on any atom is 0.211 e. The van der Waals surface area contributed by atoms with Crippen molar-refractivity contribution in [3.63, 3.8) is 0 Å². The van der Waals surface area contributed by atoms with Gasteiger partial charge in [0.2, 0.25) is 5.96 Å². The first kappa shape index (κ1) is 18.6. The summed E-state index contributed by atoms with van der Waals surface area (Å²) in [6.07, 6.45) is 1.57. The zero-order chi connectivity index (χ0) is 16.6. The summed E-state index contributed by atoms with van der Waals surface area (Å²) in [6, 6.07) is 10.9. The van der Waals surface area contributed by atoms with E-state index in [1.165, 1.54) is 0 Å². The first-order valence-electron chi connectivity index (χ1n) is 6.59. The summed E-state index contributed by atoms with van der Waals surface area (Å²) in [5.41, 5.74) is 11.4. The van der Waals surface area contributed by atoms with E-state index in [9.17, 15) is 0 Å². The average Bonchev–Trinajstić information content (AvgIpc) is 2.50. The van der Waals surface area contributed by atoms with Crippen LogP contribution in [0.15, 0.2) is 46.6 Å². The van der Waals surface area contributed by atoms with Crippen LogP contribution in [0.2, 0.25) is 15.1 Å². The predicted octanol–water partition coefficient (Wildman–Crippen LogP) is 4.98. The lowest BCUT2D eigenvalue weighted by Crippen LogP contribution is -2.21. The van der Waals surface area contributed by atoms with Crippen molar-refractivity contribution < 1.29 is 0 Å². The molecule has 3 aromatic carbocycles. The molecule has 124 valence electrons. The molecule has 0 bridgehead atoms.